The van der Waals surface area contributed by atoms with Crippen LogP contribution in [0.25, 0.3) is 0 Å². The van der Waals surface area contributed by atoms with Gasteiger partial charge in [-0.3, -0.25) is 9.69 Å². The van der Waals surface area contributed by atoms with E-state index in [0.29, 0.717) is 31.6 Å². The molecule has 6 heteroatoms. The van der Waals surface area contributed by atoms with Crippen molar-refractivity contribution in [1.29, 1.82) is 0 Å². The standard InChI is InChI=1S/C15H27N3O3/c1-10-8-18(9-11(2)17(10)4)14(21)16-12-6-5-7-15(12,3)13(19)20/h10-12H,5-9H2,1-4H3,(H,16,21)(H,19,20). The second kappa shape index (κ2) is 5.83. The summed E-state index contributed by atoms with van der Waals surface area (Å²) in [6, 6.07) is 0.233. The summed E-state index contributed by atoms with van der Waals surface area (Å²) in [6.45, 7) is 7.31. The molecule has 4 unspecified atom stereocenters. The first kappa shape index (κ1) is 16.1. The second-order valence-corrected chi connectivity index (χ2v) is 6.89. The number of likely N-dealkylation sites (N-methyl/N-ethyl adjacent to an activating group) is 1. The number of carbonyl (C=O) groups is 2. The Morgan fingerprint density at radius 2 is 1.81 bits per heavy atom. The van der Waals surface area contributed by atoms with Gasteiger partial charge in [-0.2, -0.15) is 0 Å². The van der Waals surface area contributed by atoms with Crippen LogP contribution >= 0.6 is 0 Å². The molecule has 1 aliphatic carbocycles. The summed E-state index contributed by atoms with van der Waals surface area (Å²) in [5, 5.41) is 12.4. The Labute approximate surface area is 126 Å². The molecule has 1 heterocycles. The third kappa shape index (κ3) is 3.00. The van der Waals surface area contributed by atoms with Crippen LogP contribution in [-0.2, 0) is 4.79 Å². The first-order valence-electron chi connectivity index (χ1n) is 7.76. The Morgan fingerprint density at radius 3 is 2.33 bits per heavy atom. The van der Waals surface area contributed by atoms with Gasteiger partial charge in [0.2, 0.25) is 0 Å². The topological polar surface area (TPSA) is 72.9 Å². The summed E-state index contributed by atoms with van der Waals surface area (Å²) in [5.41, 5.74) is -0.834. The normalized spacial score (nSPS) is 37.5. The minimum absolute atomic E-state index is 0.124. The van der Waals surface area contributed by atoms with Crippen molar-refractivity contribution in [2.75, 3.05) is 20.1 Å². The van der Waals surface area contributed by atoms with E-state index in [1.165, 1.54) is 0 Å². The molecule has 1 aliphatic heterocycles. The quantitative estimate of drug-likeness (QED) is 0.807. The van der Waals surface area contributed by atoms with Crippen molar-refractivity contribution in [3.63, 3.8) is 0 Å². The molecule has 2 rings (SSSR count). The Kier molecular flexibility index (Phi) is 4.46. The van der Waals surface area contributed by atoms with Gasteiger partial charge in [0.1, 0.15) is 0 Å². The molecule has 4 atom stereocenters. The van der Waals surface area contributed by atoms with Gasteiger partial charge in [0.05, 0.1) is 5.41 Å². The van der Waals surface area contributed by atoms with Crippen molar-refractivity contribution < 1.29 is 14.7 Å². The molecule has 0 aromatic carbocycles. The van der Waals surface area contributed by atoms with Gasteiger partial charge in [0.25, 0.3) is 0 Å². The van der Waals surface area contributed by atoms with Crippen LogP contribution in [0.2, 0.25) is 0 Å². The number of carboxylic acids is 1. The van der Waals surface area contributed by atoms with Crippen LogP contribution in [0.3, 0.4) is 0 Å². The fourth-order valence-electron chi connectivity index (χ4n) is 3.46. The zero-order valence-corrected chi connectivity index (χ0v) is 13.4. The molecule has 2 amide bonds. The van der Waals surface area contributed by atoms with Crippen LogP contribution in [-0.4, -0.2) is 65.2 Å². The lowest BCUT2D eigenvalue weighted by Gasteiger charge is -2.43. The van der Waals surface area contributed by atoms with Gasteiger partial charge in [-0.05, 0) is 40.7 Å². The van der Waals surface area contributed by atoms with Crippen molar-refractivity contribution >= 4 is 12.0 Å². The maximum atomic E-state index is 12.5. The van der Waals surface area contributed by atoms with Crippen molar-refractivity contribution in [1.82, 2.24) is 15.1 Å². The molecule has 0 aromatic heterocycles. The lowest BCUT2D eigenvalue weighted by Crippen LogP contribution is -2.60. The van der Waals surface area contributed by atoms with Crippen LogP contribution in [0.15, 0.2) is 0 Å². The molecule has 6 nitrogen and oxygen atoms in total. The van der Waals surface area contributed by atoms with Crippen molar-refractivity contribution in [2.24, 2.45) is 5.41 Å². The SMILES string of the molecule is CC1CN(C(=O)NC2CCCC2(C)C(=O)O)CC(C)N1C. The van der Waals surface area contributed by atoms with Gasteiger partial charge >= 0.3 is 12.0 Å². The van der Waals surface area contributed by atoms with E-state index in [0.717, 1.165) is 12.8 Å². The van der Waals surface area contributed by atoms with Crippen LogP contribution in [0.4, 0.5) is 4.79 Å². The van der Waals surface area contributed by atoms with E-state index in [-0.39, 0.29) is 12.1 Å². The molecular formula is C15H27N3O3. The molecular weight excluding hydrogens is 270 g/mol. The largest absolute Gasteiger partial charge is 0.481 e. The van der Waals surface area contributed by atoms with Gasteiger partial charge in [0, 0.05) is 31.2 Å². The smallest absolute Gasteiger partial charge is 0.317 e. The second-order valence-electron chi connectivity index (χ2n) is 6.89. The van der Waals surface area contributed by atoms with Crippen molar-refractivity contribution in [3.05, 3.63) is 0 Å². The number of hydrogen-bond acceptors (Lipinski definition) is 3. The number of nitrogens with one attached hydrogen (secondary N) is 1. The Morgan fingerprint density at radius 1 is 1.24 bits per heavy atom. The Bertz CT molecular complexity index is 416. The lowest BCUT2D eigenvalue weighted by atomic mass is 9.85. The zero-order chi connectivity index (χ0) is 15.8. The molecule has 0 spiro atoms. The molecule has 120 valence electrons. The highest BCUT2D eigenvalue weighted by Gasteiger charge is 2.46. The van der Waals surface area contributed by atoms with E-state index < -0.39 is 11.4 Å². The first-order valence-corrected chi connectivity index (χ1v) is 7.76. The Balaban J connectivity index is 2.00. The average molecular weight is 297 g/mol. The van der Waals surface area contributed by atoms with E-state index in [9.17, 15) is 14.7 Å². The fraction of sp³-hybridized carbons (Fsp3) is 0.867. The molecule has 0 aromatic rings. The lowest BCUT2D eigenvalue weighted by molar-refractivity contribution is -0.148. The maximum Gasteiger partial charge on any atom is 0.317 e. The summed E-state index contributed by atoms with van der Waals surface area (Å²) >= 11 is 0. The Hall–Kier alpha value is -1.30. The van der Waals surface area contributed by atoms with Crippen LogP contribution in [0, 0.1) is 5.41 Å². The summed E-state index contributed by atoms with van der Waals surface area (Å²) in [7, 11) is 2.07. The number of urea groups is 1. The minimum Gasteiger partial charge on any atom is -0.481 e. The number of rotatable bonds is 2. The number of amides is 2. The summed E-state index contributed by atoms with van der Waals surface area (Å²) in [6.07, 6.45) is 2.22. The molecule has 0 bridgehead atoms. The third-order valence-electron chi connectivity index (χ3n) is 5.39. The summed E-state index contributed by atoms with van der Waals surface area (Å²) < 4.78 is 0. The number of aliphatic carboxylic acids is 1. The van der Waals surface area contributed by atoms with Crippen LogP contribution in [0.5, 0.6) is 0 Å². The zero-order valence-electron chi connectivity index (χ0n) is 13.4. The van der Waals surface area contributed by atoms with E-state index in [1.54, 1.807) is 6.92 Å². The number of carbonyl (C=O) groups excluding carboxylic acids is 1. The minimum atomic E-state index is -0.834. The highest BCUT2D eigenvalue weighted by atomic mass is 16.4. The highest BCUT2D eigenvalue weighted by molar-refractivity contribution is 5.79. The van der Waals surface area contributed by atoms with Crippen LogP contribution < -0.4 is 5.32 Å². The highest BCUT2D eigenvalue weighted by Crippen LogP contribution is 2.38. The molecule has 21 heavy (non-hydrogen) atoms. The van der Waals surface area contributed by atoms with Gasteiger partial charge in [-0.25, -0.2) is 4.79 Å². The monoisotopic (exact) mass is 297 g/mol. The predicted octanol–water partition coefficient (Wildman–Crippen LogP) is 1.36. The first-order chi connectivity index (χ1) is 9.75. The maximum absolute atomic E-state index is 12.5. The molecule has 1 saturated heterocycles. The predicted molar refractivity (Wildman–Crippen MR) is 80.2 cm³/mol. The van der Waals surface area contributed by atoms with Crippen molar-refractivity contribution in [3.8, 4) is 0 Å². The number of carboxylic acid groups (broad SMARTS) is 1. The van der Waals surface area contributed by atoms with Crippen LogP contribution in [0.1, 0.15) is 40.0 Å². The van der Waals surface area contributed by atoms with E-state index in [1.807, 2.05) is 4.90 Å². The number of piperazine rings is 1. The third-order valence-corrected chi connectivity index (χ3v) is 5.39. The van der Waals surface area contributed by atoms with E-state index in [4.69, 9.17) is 0 Å². The summed E-state index contributed by atoms with van der Waals surface area (Å²) in [4.78, 5) is 28.0. The summed E-state index contributed by atoms with van der Waals surface area (Å²) in [5.74, 6) is -0.814. The number of hydrogen-bond donors (Lipinski definition) is 2. The molecule has 2 fully saturated rings. The van der Waals surface area contributed by atoms with Gasteiger partial charge < -0.3 is 15.3 Å². The van der Waals surface area contributed by atoms with Gasteiger partial charge in [-0.1, -0.05) is 6.42 Å². The van der Waals surface area contributed by atoms with E-state index >= 15 is 0 Å². The molecule has 0 radical (unpaired) electrons. The number of nitrogens with zero attached hydrogens (tertiary/aromatic N) is 2. The average Bonchev–Trinajstić information content (AvgIpc) is 2.78. The molecule has 1 saturated carbocycles. The van der Waals surface area contributed by atoms with Gasteiger partial charge in [-0.15, -0.1) is 0 Å². The molecule has 2 aliphatic rings. The fourth-order valence-corrected chi connectivity index (χ4v) is 3.46. The van der Waals surface area contributed by atoms with Gasteiger partial charge in [0.15, 0.2) is 0 Å². The van der Waals surface area contributed by atoms with E-state index in [2.05, 4.69) is 31.1 Å². The van der Waals surface area contributed by atoms with Crippen molar-refractivity contribution in [2.45, 2.75) is 58.2 Å². The molecule has 2 N–H and O–H groups in total.